The highest BCUT2D eigenvalue weighted by atomic mass is 32.2. The normalized spacial score (nSPS) is 19.4. The van der Waals surface area contributed by atoms with E-state index in [0.717, 1.165) is 19.4 Å². The Morgan fingerprint density at radius 2 is 2.06 bits per heavy atom. The van der Waals surface area contributed by atoms with Crippen molar-refractivity contribution in [3.63, 3.8) is 0 Å². The number of hydrogen-bond acceptors (Lipinski definition) is 8. The molecule has 2 aromatic rings. The summed E-state index contributed by atoms with van der Waals surface area (Å²) < 4.78 is 0.965. The fourth-order valence-corrected chi connectivity index (χ4v) is 5.87. The number of aldehydes is 1. The highest BCUT2D eigenvalue weighted by Crippen LogP contribution is 2.30. The molecule has 12 nitrogen and oxygen atoms in total. The summed E-state index contributed by atoms with van der Waals surface area (Å²) in [7, 11) is 0. The first-order valence-corrected chi connectivity index (χ1v) is 12.1. The highest BCUT2D eigenvalue weighted by molar-refractivity contribution is 7.38. The smallest absolute Gasteiger partial charge is 0.358 e. The minimum atomic E-state index is -1.28. The van der Waals surface area contributed by atoms with Gasteiger partial charge in [0.05, 0.1) is 27.9 Å². The standard InChI is InChI=1S/C20H21N5O7S2/c26-10-12(9-16(28)29)21-17(30)13-2-1-5-24-15(27)3-6-23(20(32)25(13)24)22-18(31)14-8-11-4-7-33-19(11)34-14/h4,7-8,10,12-13H,1-3,5-6,9H2,(H,21,30)(H,22,31)(H,28,29). The zero-order valence-electron chi connectivity index (χ0n) is 17.8. The Labute approximate surface area is 201 Å². The molecule has 3 N–H and O–H groups in total. The van der Waals surface area contributed by atoms with Crippen molar-refractivity contribution in [1.29, 1.82) is 0 Å². The summed E-state index contributed by atoms with van der Waals surface area (Å²) in [6.07, 6.45) is 0.255. The van der Waals surface area contributed by atoms with Crippen LogP contribution < -0.4 is 10.7 Å². The van der Waals surface area contributed by atoms with Crippen molar-refractivity contribution in [2.75, 3.05) is 13.1 Å². The maximum Gasteiger partial charge on any atom is 0.358 e. The maximum absolute atomic E-state index is 13.4. The zero-order valence-corrected chi connectivity index (χ0v) is 19.4. The van der Waals surface area contributed by atoms with Gasteiger partial charge in [0, 0.05) is 18.4 Å². The third kappa shape index (κ3) is 4.72. The predicted molar refractivity (Wildman–Crippen MR) is 121 cm³/mol. The van der Waals surface area contributed by atoms with Gasteiger partial charge in [-0.3, -0.25) is 24.6 Å². The first-order chi connectivity index (χ1) is 16.3. The Hall–Kier alpha value is -3.52. The second-order valence-electron chi connectivity index (χ2n) is 7.77. The average Bonchev–Trinajstić information content (AvgIpc) is 3.39. The van der Waals surface area contributed by atoms with Gasteiger partial charge in [0.15, 0.2) is 0 Å². The molecular weight excluding hydrogens is 486 g/mol. The van der Waals surface area contributed by atoms with E-state index < -0.39 is 48.2 Å². The fourth-order valence-electron chi connectivity index (χ4n) is 3.87. The number of thiophene rings is 2. The van der Waals surface area contributed by atoms with Gasteiger partial charge in [0.1, 0.15) is 12.3 Å². The van der Waals surface area contributed by atoms with Crippen LogP contribution >= 0.6 is 22.7 Å². The molecule has 4 heterocycles. The van der Waals surface area contributed by atoms with Crippen molar-refractivity contribution in [2.24, 2.45) is 0 Å². The van der Waals surface area contributed by atoms with Crippen molar-refractivity contribution in [3.05, 3.63) is 22.4 Å². The number of carboxylic acids is 1. The van der Waals surface area contributed by atoms with Gasteiger partial charge in [-0.2, -0.15) is 0 Å². The lowest BCUT2D eigenvalue weighted by Crippen LogP contribution is -2.64. The Bertz CT molecular complexity index is 1130. The number of hydrogen-bond donors (Lipinski definition) is 3. The van der Waals surface area contributed by atoms with Crippen molar-refractivity contribution in [2.45, 2.75) is 37.8 Å². The number of rotatable bonds is 7. The third-order valence-corrected chi connectivity index (χ3v) is 7.67. The Morgan fingerprint density at radius 3 is 2.76 bits per heavy atom. The van der Waals surface area contributed by atoms with E-state index in [9.17, 15) is 28.8 Å². The number of carbonyl (C=O) groups is 6. The second-order valence-corrected chi connectivity index (χ2v) is 9.99. The molecule has 2 aliphatic rings. The molecule has 2 aromatic heterocycles. The largest absolute Gasteiger partial charge is 0.481 e. The topological polar surface area (TPSA) is 156 Å². The zero-order chi connectivity index (χ0) is 24.4. The summed E-state index contributed by atoms with van der Waals surface area (Å²) in [5.74, 6) is -2.93. The number of carboxylic acid groups (broad SMARTS) is 1. The molecule has 2 unspecified atom stereocenters. The lowest BCUT2D eigenvalue weighted by molar-refractivity contribution is -0.155. The van der Waals surface area contributed by atoms with Crippen molar-refractivity contribution in [3.8, 4) is 0 Å². The van der Waals surface area contributed by atoms with Crippen molar-refractivity contribution >= 4 is 68.1 Å². The van der Waals surface area contributed by atoms with Gasteiger partial charge >= 0.3 is 12.0 Å². The number of nitrogens with zero attached hydrogens (tertiary/aromatic N) is 3. The number of hydrazine groups is 2. The summed E-state index contributed by atoms with van der Waals surface area (Å²) >= 11 is 2.78. The molecule has 34 heavy (non-hydrogen) atoms. The van der Waals surface area contributed by atoms with Crippen LogP contribution in [0.25, 0.3) is 9.40 Å². The molecule has 0 aliphatic carbocycles. The number of amides is 5. The predicted octanol–water partition coefficient (Wildman–Crippen LogP) is 0.800. The molecule has 5 amide bonds. The van der Waals surface area contributed by atoms with Gasteiger partial charge < -0.3 is 15.2 Å². The summed E-state index contributed by atoms with van der Waals surface area (Å²) in [5, 5.41) is 17.2. The Morgan fingerprint density at radius 1 is 1.26 bits per heavy atom. The van der Waals surface area contributed by atoms with Crippen molar-refractivity contribution < 1.29 is 33.9 Å². The van der Waals surface area contributed by atoms with E-state index >= 15 is 0 Å². The van der Waals surface area contributed by atoms with Gasteiger partial charge in [-0.15, -0.1) is 22.7 Å². The monoisotopic (exact) mass is 507 g/mol. The molecule has 0 bridgehead atoms. The fraction of sp³-hybridized carbons (Fsp3) is 0.400. The molecule has 2 saturated heterocycles. The number of urea groups is 1. The van der Waals surface area contributed by atoms with E-state index in [4.69, 9.17) is 5.11 Å². The van der Waals surface area contributed by atoms with Crippen LogP contribution in [0.4, 0.5) is 4.79 Å². The number of nitrogens with one attached hydrogen (secondary N) is 2. The van der Waals surface area contributed by atoms with Crippen LogP contribution in [0.15, 0.2) is 17.5 Å². The van der Waals surface area contributed by atoms with Gasteiger partial charge in [0.2, 0.25) is 11.8 Å². The van der Waals surface area contributed by atoms with Gasteiger partial charge in [-0.1, -0.05) is 0 Å². The number of carbonyl (C=O) groups excluding carboxylic acids is 5. The minimum absolute atomic E-state index is 0.0631. The van der Waals surface area contributed by atoms with E-state index in [1.165, 1.54) is 27.7 Å². The molecular formula is C20H21N5O7S2. The number of fused-ring (bicyclic) bond motifs is 2. The quantitative estimate of drug-likeness (QED) is 0.468. The van der Waals surface area contributed by atoms with Gasteiger partial charge in [0.25, 0.3) is 5.91 Å². The third-order valence-electron chi connectivity index (χ3n) is 5.46. The van der Waals surface area contributed by atoms with E-state index in [0.29, 0.717) is 17.6 Å². The maximum atomic E-state index is 13.4. The lowest BCUT2D eigenvalue weighted by Gasteiger charge is -2.42. The summed E-state index contributed by atoms with van der Waals surface area (Å²) in [5.41, 5.74) is 2.54. The molecule has 0 saturated carbocycles. The molecule has 4 rings (SSSR count). The molecule has 2 fully saturated rings. The molecule has 0 spiro atoms. The Kier molecular flexibility index (Phi) is 6.79. The summed E-state index contributed by atoms with van der Waals surface area (Å²) in [6.45, 7) is 0.129. The van der Waals surface area contributed by atoms with E-state index in [1.807, 2.05) is 11.4 Å². The van der Waals surface area contributed by atoms with Crippen molar-refractivity contribution in [1.82, 2.24) is 25.8 Å². The van der Waals surface area contributed by atoms with E-state index in [-0.39, 0.29) is 25.9 Å². The second kappa shape index (κ2) is 9.77. The molecule has 2 atom stereocenters. The van der Waals surface area contributed by atoms with Gasteiger partial charge in [-0.05, 0) is 30.4 Å². The molecule has 0 aromatic carbocycles. The van der Waals surface area contributed by atoms with E-state index in [1.54, 1.807) is 6.07 Å². The number of aliphatic carboxylic acids is 1. The van der Waals surface area contributed by atoms with Crippen LogP contribution in [0.1, 0.15) is 35.4 Å². The van der Waals surface area contributed by atoms with E-state index in [2.05, 4.69) is 10.7 Å². The van der Waals surface area contributed by atoms with Gasteiger partial charge in [-0.25, -0.2) is 19.8 Å². The minimum Gasteiger partial charge on any atom is -0.481 e. The molecule has 14 heteroatoms. The summed E-state index contributed by atoms with van der Waals surface area (Å²) in [4.78, 5) is 74.3. The first-order valence-electron chi connectivity index (χ1n) is 10.4. The van der Waals surface area contributed by atoms with Crippen LogP contribution in [0, 0.1) is 0 Å². The average molecular weight is 508 g/mol. The van der Waals surface area contributed by atoms with Crippen LogP contribution in [-0.2, 0) is 19.2 Å². The first kappa shape index (κ1) is 23.6. The highest BCUT2D eigenvalue weighted by Gasteiger charge is 2.44. The van der Waals surface area contributed by atoms with Crippen LogP contribution in [0.3, 0.4) is 0 Å². The van der Waals surface area contributed by atoms with Crippen LogP contribution in [0.2, 0.25) is 0 Å². The Balaban J connectivity index is 1.53. The van der Waals surface area contributed by atoms with Crippen LogP contribution in [-0.4, -0.2) is 81.3 Å². The summed E-state index contributed by atoms with van der Waals surface area (Å²) in [6, 6.07) is 0.408. The SMILES string of the molecule is O=CC(CC(=O)O)NC(=O)C1CCCN2C(=O)CCN(NC(=O)c3cc4ccsc4s3)C(=O)N12. The lowest BCUT2D eigenvalue weighted by atomic mass is 10.1. The van der Waals surface area contributed by atoms with Crippen LogP contribution in [0.5, 0.6) is 0 Å². The molecule has 0 radical (unpaired) electrons. The molecule has 180 valence electrons. The molecule has 2 aliphatic heterocycles.